The minimum Gasteiger partial charge on any atom is -0.356 e. The number of guanidine groups is 1. The molecule has 2 heterocycles. The van der Waals surface area contributed by atoms with Crippen molar-refractivity contribution in [3.63, 3.8) is 0 Å². The third kappa shape index (κ3) is 5.54. The summed E-state index contributed by atoms with van der Waals surface area (Å²) in [6, 6.07) is 8.37. The van der Waals surface area contributed by atoms with Gasteiger partial charge in [-0.05, 0) is 36.8 Å². The van der Waals surface area contributed by atoms with Gasteiger partial charge in [0.05, 0.1) is 15.2 Å². The van der Waals surface area contributed by atoms with Crippen LogP contribution in [0.25, 0.3) is 10.2 Å². The van der Waals surface area contributed by atoms with E-state index in [9.17, 15) is 0 Å². The van der Waals surface area contributed by atoms with Gasteiger partial charge in [-0.3, -0.25) is 4.99 Å². The van der Waals surface area contributed by atoms with Gasteiger partial charge in [0.15, 0.2) is 5.96 Å². The SMILES string of the molecule is CN=C(NCCCc1nc2ccccc2s1)N1CC(C)CC(C)C1.I. The molecule has 1 fully saturated rings. The van der Waals surface area contributed by atoms with Crippen LogP contribution in [-0.4, -0.2) is 42.5 Å². The Morgan fingerprint density at radius 1 is 1.28 bits per heavy atom. The normalized spacial score (nSPS) is 21.2. The van der Waals surface area contributed by atoms with Crippen molar-refractivity contribution in [2.24, 2.45) is 16.8 Å². The highest BCUT2D eigenvalue weighted by Crippen LogP contribution is 2.22. The number of benzene rings is 1. The van der Waals surface area contributed by atoms with E-state index in [-0.39, 0.29) is 24.0 Å². The highest BCUT2D eigenvalue weighted by Gasteiger charge is 2.23. The van der Waals surface area contributed by atoms with Crippen molar-refractivity contribution in [3.8, 4) is 0 Å². The number of aliphatic imine (C=N–C) groups is 1. The zero-order valence-corrected chi connectivity index (χ0v) is 18.5. The minimum atomic E-state index is 0. The molecular formula is C19H29IN4S. The average molecular weight is 472 g/mol. The van der Waals surface area contributed by atoms with Crippen molar-refractivity contribution in [1.29, 1.82) is 0 Å². The predicted molar refractivity (Wildman–Crippen MR) is 119 cm³/mol. The fourth-order valence-corrected chi connectivity index (χ4v) is 4.64. The first-order chi connectivity index (χ1) is 11.7. The molecule has 1 N–H and O–H groups in total. The third-order valence-corrected chi connectivity index (χ3v) is 5.67. The third-order valence-electron chi connectivity index (χ3n) is 4.57. The topological polar surface area (TPSA) is 40.5 Å². The van der Waals surface area contributed by atoms with Crippen LogP contribution < -0.4 is 5.32 Å². The molecule has 0 bridgehead atoms. The predicted octanol–water partition coefficient (Wildman–Crippen LogP) is 4.40. The Hall–Kier alpha value is -0.890. The molecule has 1 aliphatic heterocycles. The van der Waals surface area contributed by atoms with Gasteiger partial charge in [-0.25, -0.2) is 4.98 Å². The van der Waals surface area contributed by atoms with E-state index in [2.05, 4.69) is 53.3 Å². The number of halogens is 1. The number of para-hydroxylation sites is 1. The highest BCUT2D eigenvalue weighted by atomic mass is 127. The van der Waals surface area contributed by atoms with E-state index in [0.717, 1.165) is 55.8 Å². The van der Waals surface area contributed by atoms with E-state index in [1.807, 2.05) is 18.4 Å². The van der Waals surface area contributed by atoms with Gasteiger partial charge in [0.2, 0.25) is 0 Å². The molecule has 2 atom stereocenters. The molecule has 4 nitrogen and oxygen atoms in total. The molecule has 0 radical (unpaired) electrons. The molecule has 0 spiro atoms. The number of hydrogen-bond acceptors (Lipinski definition) is 3. The van der Waals surface area contributed by atoms with Crippen molar-refractivity contribution in [3.05, 3.63) is 29.3 Å². The Labute approximate surface area is 172 Å². The second kappa shape index (κ2) is 9.71. The Bertz CT molecular complexity index is 657. The van der Waals surface area contributed by atoms with Gasteiger partial charge in [-0.2, -0.15) is 0 Å². The monoisotopic (exact) mass is 472 g/mol. The van der Waals surface area contributed by atoms with Crippen LogP contribution in [0.1, 0.15) is 31.7 Å². The van der Waals surface area contributed by atoms with Gasteiger partial charge < -0.3 is 10.2 Å². The van der Waals surface area contributed by atoms with Gasteiger partial charge in [0.1, 0.15) is 0 Å². The van der Waals surface area contributed by atoms with Crippen LogP contribution in [0.5, 0.6) is 0 Å². The van der Waals surface area contributed by atoms with Crippen LogP contribution in [0.2, 0.25) is 0 Å². The van der Waals surface area contributed by atoms with Crippen molar-refractivity contribution in [2.45, 2.75) is 33.1 Å². The Morgan fingerprint density at radius 2 is 2.00 bits per heavy atom. The lowest BCUT2D eigenvalue weighted by atomic mass is 9.92. The average Bonchev–Trinajstić information content (AvgIpc) is 2.96. The summed E-state index contributed by atoms with van der Waals surface area (Å²) in [6.07, 6.45) is 3.43. The first kappa shape index (κ1) is 20.4. The molecule has 0 amide bonds. The molecule has 1 aromatic heterocycles. The summed E-state index contributed by atoms with van der Waals surface area (Å²) >= 11 is 1.81. The number of hydrogen-bond donors (Lipinski definition) is 1. The van der Waals surface area contributed by atoms with E-state index in [4.69, 9.17) is 4.98 Å². The lowest BCUT2D eigenvalue weighted by molar-refractivity contribution is 0.208. The van der Waals surface area contributed by atoms with E-state index >= 15 is 0 Å². The number of likely N-dealkylation sites (tertiary alicyclic amines) is 1. The van der Waals surface area contributed by atoms with Gasteiger partial charge in [0.25, 0.3) is 0 Å². The Balaban J connectivity index is 0.00000225. The van der Waals surface area contributed by atoms with Crippen LogP contribution in [0.3, 0.4) is 0 Å². The fourth-order valence-electron chi connectivity index (χ4n) is 3.63. The summed E-state index contributed by atoms with van der Waals surface area (Å²) in [4.78, 5) is 11.6. The number of aryl methyl sites for hydroxylation is 1. The maximum Gasteiger partial charge on any atom is 0.193 e. The first-order valence-corrected chi connectivity index (χ1v) is 9.77. The quantitative estimate of drug-likeness (QED) is 0.311. The zero-order chi connectivity index (χ0) is 16.9. The fraction of sp³-hybridized carbons (Fsp3) is 0.579. The van der Waals surface area contributed by atoms with Crippen molar-refractivity contribution in [1.82, 2.24) is 15.2 Å². The molecule has 2 unspecified atom stereocenters. The number of nitrogens with zero attached hydrogens (tertiary/aromatic N) is 3. The molecule has 6 heteroatoms. The lowest BCUT2D eigenvalue weighted by Gasteiger charge is -2.37. The summed E-state index contributed by atoms with van der Waals surface area (Å²) in [5, 5.41) is 4.77. The van der Waals surface area contributed by atoms with Crippen LogP contribution in [0.15, 0.2) is 29.3 Å². The molecule has 25 heavy (non-hydrogen) atoms. The van der Waals surface area contributed by atoms with Crippen LogP contribution in [0, 0.1) is 11.8 Å². The zero-order valence-electron chi connectivity index (χ0n) is 15.4. The lowest BCUT2D eigenvalue weighted by Crippen LogP contribution is -2.48. The summed E-state index contributed by atoms with van der Waals surface area (Å²) in [6.45, 7) is 7.85. The smallest absolute Gasteiger partial charge is 0.193 e. The van der Waals surface area contributed by atoms with Gasteiger partial charge in [-0.15, -0.1) is 35.3 Å². The molecular weight excluding hydrogens is 443 g/mol. The van der Waals surface area contributed by atoms with Crippen LogP contribution >= 0.6 is 35.3 Å². The first-order valence-electron chi connectivity index (χ1n) is 8.95. The second-order valence-electron chi connectivity index (χ2n) is 7.00. The number of nitrogens with one attached hydrogen (secondary N) is 1. The van der Waals surface area contributed by atoms with Crippen molar-refractivity contribution < 1.29 is 0 Å². The maximum atomic E-state index is 4.71. The number of piperidine rings is 1. The van der Waals surface area contributed by atoms with Crippen molar-refractivity contribution in [2.75, 3.05) is 26.7 Å². The Morgan fingerprint density at radius 3 is 2.68 bits per heavy atom. The van der Waals surface area contributed by atoms with Gasteiger partial charge >= 0.3 is 0 Å². The largest absolute Gasteiger partial charge is 0.356 e. The summed E-state index contributed by atoms with van der Waals surface area (Å²) in [5.41, 5.74) is 1.12. The van der Waals surface area contributed by atoms with Crippen molar-refractivity contribution >= 4 is 51.5 Å². The van der Waals surface area contributed by atoms with E-state index in [1.165, 1.54) is 16.1 Å². The van der Waals surface area contributed by atoms with Gasteiger partial charge in [0, 0.05) is 33.1 Å². The van der Waals surface area contributed by atoms with E-state index in [0.29, 0.717) is 0 Å². The maximum absolute atomic E-state index is 4.71. The molecule has 138 valence electrons. The molecule has 1 aromatic carbocycles. The Kier molecular flexibility index (Phi) is 7.93. The minimum absolute atomic E-state index is 0. The number of fused-ring (bicyclic) bond motifs is 1. The molecule has 0 saturated carbocycles. The van der Waals surface area contributed by atoms with Crippen LogP contribution in [-0.2, 0) is 6.42 Å². The standard InChI is InChI=1S/C19H28N4S.HI/c1-14-11-15(2)13-23(12-14)19(20-3)21-10-6-9-18-22-16-7-4-5-8-17(16)24-18;/h4-5,7-8,14-15H,6,9-13H2,1-3H3,(H,20,21);1H. The molecule has 1 aliphatic rings. The molecule has 0 aliphatic carbocycles. The highest BCUT2D eigenvalue weighted by molar-refractivity contribution is 14.0. The number of rotatable bonds is 4. The number of aromatic nitrogens is 1. The van der Waals surface area contributed by atoms with E-state index in [1.54, 1.807) is 0 Å². The van der Waals surface area contributed by atoms with E-state index < -0.39 is 0 Å². The number of thiazole rings is 1. The second-order valence-corrected chi connectivity index (χ2v) is 8.12. The van der Waals surface area contributed by atoms with Gasteiger partial charge in [-0.1, -0.05) is 26.0 Å². The summed E-state index contributed by atoms with van der Waals surface area (Å²) < 4.78 is 1.28. The molecule has 2 aromatic rings. The summed E-state index contributed by atoms with van der Waals surface area (Å²) in [5.74, 6) is 2.54. The molecule has 1 saturated heterocycles. The van der Waals surface area contributed by atoms with Crippen LogP contribution in [0.4, 0.5) is 0 Å². The summed E-state index contributed by atoms with van der Waals surface area (Å²) in [7, 11) is 1.89. The molecule has 3 rings (SSSR count).